The van der Waals surface area contributed by atoms with Gasteiger partial charge < -0.3 is 14.9 Å². The van der Waals surface area contributed by atoms with E-state index in [4.69, 9.17) is 35.4 Å². The SMILES string of the molecule is CC(O)COC(C)CO.N=C=O.N=C=O. The lowest BCUT2D eigenvalue weighted by atomic mass is 10.4. The minimum Gasteiger partial charge on any atom is -0.394 e. The largest absolute Gasteiger partial charge is 0.394 e. The molecule has 4 N–H and O–H groups in total. The molecule has 88 valence electrons. The summed E-state index contributed by atoms with van der Waals surface area (Å²) in [5, 5.41) is 27.9. The average molecular weight is 220 g/mol. The van der Waals surface area contributed by atoms with Gasteiger partial charge in [0.25, 0.3) is 0 Å². The molecule has 2 atom stereocenters. The maximum Gasteiger partial charge on any atom is 0.231 e. The molecule has 0 radical (unpaired) electrons. The van der Waals surface area contributed by atoms with Crippen LogP contribution < -0.4 is 0 Å². The quantitative estimate of drug-likeness (QED) is 0.377. The lowest BCUT2D eigenvalue weighted by Crippen LogP contribution is -2.19. The third-order valence-electron chi connectivity index (χ3n) is 0.879. The van der Waals surface area contributed by atoms with Gasteiger partial charge in [0.1, 0.15) is 0 Å². The van der Waals surface area contributed by atoms with Crippen LogP contribution in [0.2, 0.25) is 0 Å². The predicted molar refractivity (Wildman–Crippen MR) is 51.0 cm³/mol. The Labute approximate surface area is 87.7 Å². The second-order valence-electron chi connectivity index (χ2n) is 2.38. The fourth-order valence-electron chi connectivity index (χ4n) is 0.356. The smallest absolute Gasteiger partial charge is 0.231 e. The van der Waals surface area contributed by atoms with Gasteiger partial charge in [-0.25, -0.2) is 20.4 Å². The van der Waals surface area contributed by atoms with E-state index < -0.39 is 6.10 Å². The van der Waals surface area contributed by atoms with Gasteiger partial charge in [0.2, 0.25) is 12.2 Å². The summed E-state index contributed by atoms with van der Waals surface area (Å²) in [5.74, 6) is 0. The maximum absolute atomic E-state index is 8.69. The van der Waals surface area contributed by atoms with Crippen molar-refractivity contribution >= 4 is 12.2 Å². The van der Waals surface area contributed by atoms with Gasteiger partial charge in [-0.05, 0) is 13.8 Å². The number of aliphatic hydroxyl groups excluding tert-OH is 2. The van der Waals surface area contributed by atoms with Gasteiger partial charge in [-0.2, -0.15) is 0 Å². The van der Waals surface area contributed by atoms with Crippen LogP contribution in [0, 0.1) is 10.8 Å². The van der Waals surface area contributed by atoms with Crippen LogP contribution in [0.1, 0.15) is 13.8 Å². The summed E-state index contributed by atoms with van der Waals surface area (Å²) in [4.78, 5) is 16.7. The molecule has 7 heteroatoms. The van der Waals surface area contributed by atoms with Crippen LogP contribution >= 0.6 is 0 Å². The zero-order valence-corrected chi connectivity index (χ0v) is 8.69. The number of rotatable bonds is 4. The van der Waals surface area contributed by atoms with E-state index in [0.29, 0.717) is 6.61 Å². The van der Waals surface area contributed by atoms with E-state index in [2.05, 4.69) is 0 Å². The van der Waals surface area contributed by atoms with Gasteiger partial charge in [0.05, 0.1) is 25.4 Å². The Hall–Kier alpha value is -1.36. The van der Waals surface area contributed by atoms with E-state index in [9.17, 15) is 0 Å². The standard InChI is InChI=1S/C6H14O3.2CHNO/c1-5(8)4-9-6(2)3-7;2*2-1-3/h5-8H,3-4H2,1-2H3;2*2H. The molecule has 0 spiro atoms. The highest BCUT2D eigenvalue weighted by Crippen LogP contribution is 1.90. The van der Waals surface area contributed by atoms with Crippen LogP contribution in [0.25, 0.3) is 0 Å². The molecule has 0 aliphatic heterocycles. The zero-order valence-electron chi connectivity index (χ0n) is 8.69. The summed E-state index contributed by atoms with van der Waals surface area (Å²) >= 11 is 0. The third kappa shape index (κ3) is 45.0. The Balaban J connectivity index is -0.000000200. The Bertz CT molecular complexity index is 171. The molecule has 2 unspecified atom stereocenters. The molecule has 0 aromatic rings. The second-order valence-corrected chi connectivity index (χ2v) is 2.38. The van der Waals surface area contributed by atoms with Crippen LogP contribution in [0.4, 0.5) is 0 Å². The molecular weight excluding hydrogens is 204 g/mol. The topological polar surface area (TPSA) is 132 Å². The highest BCUT2D eigenvalue weighted by molar-refractivity contribution is 5.26. The number of aliphatic hydroxyl groups is 2. The molecule has 0 aromatic carbocycles. The van der Waals surface area contributed by atoms with Crippen molar-refractivity contribution in [3.63, 3.8) is 0 Å². The number of isocyanates is 2. The molecule has 0 bridgehead atoms. The van der Waals surface area contributed by atoms with E-state index in [-0.39, 0.29) is 12.7 Å². The summed E-state index contributed by atoms with van der Waals surface area (Å²) in [6.45, 7) is 3.70. The fraction of sp³-hybridized carbons (Fsp3) is 0.750. The first kappa shape index (κ1) is 19.2. The molecular formula is C8H16N2O5. The zero-order chi connectivity index (χ0) is 12.7. The predicted octanol–water partition coefficient (Wildman–Crippen LogP) is -0.433. The van der Waals surface area contributed by atoms with Crippen molar-refractivity contribution in [3.05, 3.63) is 0 Å². The molecule has 0 fully saturated rings. The van der Waals surface area contributed by atoms with Gasteiger partial charge >= 0.3 is 0 Å². The van der Waals surface area contributed by atoms with E-state index in [1.165, 1.54) is 0 Å². The fourth-order valence-corrected chi connectivity index (χ4v) is 0.356. The van der Waals surface area contributed by atoms with Crippen LogP contribution in [-0.4, -0.2) is 47.8 Å². The van der Waals surface area contributed by atoms with Crippen molar-refractivity contribution in [2.45, 2.75) is 26.1 Å². The first-order valence-electron chi connectivity index (χ1n) is 3.98. The number of carbonyl (C=O) groups excluding carboxylic acids is 2. The van der Waals surface area contributed by atoms with Crippen molar-refractivity contribution in [1.29, 1.82) is 10.8 Å². The Morgan fingerprint density at radius 3 is 1.80 bits per heavy atom. The molecule has 0 aromatic heterocycles. The lowest BCUT2D eigenvalue weighted by Gasteiger charge is -2.10. The number of nitrogens with one attached hydrogen (secondary N) is 2. The van der Waals surface area contributed by atoms with Crippen molar-refractivity contribution in [3.8, 4) is 0 Å². The molecule has 0 aliphatic rings. The molecule has 0 rings (SSSR count). The van der Waals surface area contributed by atoms with E-state index in [1.807, 2.05) is 0 Å². The molecule has 15 heavy (non-hydrogen) atoms. The number of hydrogen-bond donors (Lipinski definition) is 4. The minimum atomic E-state index is -0.445. The van der Waals surface area contributed by atoms with Crippen LogP contribution in [0.3, 0.4) is 0 Å². The van der Waals surface area contributed by atoms with Gasteiger partial charge in [0, 0.05) is 0 Å². The van der Waals surface area contributed by atoms with E-state index in [1.54, 1.807) is 13.8 Å². The summed E-state index contributed by atoms with van der Waals surface area (Å²) in [5.41, 5.74) is 0. The Morgan fingerprint density at radius 1 is 1.27 bits per heavy atom. The van der Waals surface area contributed by atoms with Crippen LogP contribution in [-0.2, 0) is 14.3 Å². The summed E-state index contributed by atoms with van der Waals surface area (Å²) < 4.78 is 4.95. The Kier molecular flexibility index (Phi) is 23.7. The molecule has 0 saturated heterocycles. The van der Waals surface area contributed by atoms with Crippen molar-refractivity contribution in [1.82, 2.24) is 0 Å². The second kappa shape index (κ2) is 18.4. The Morgan fingerprint density at radius 2 is 1.60 bits per heavy atom. The van der Waals surface area contributed by atoms with Gasteiger partial charge in [-0.1, -0.05) is 0 Å². The number of ether oxygens (including phenoxy) is 1. The van der Waals surface area contributed by atoms with Gasteiger partial charge in [-0.15, -0.1) is 0 Å². The number of hydrogen-bond acceptors (Lipinski definition) is 7. The summed E-state index contributed by atoms with van der Waals surface area (Å²) in [6.07, 6.45) is 0.888. The van der Waals surface area contributed by atoms with Gasteiger partial charge in [-0.3, -0.25) is 0 Å². The normalized spacial score (nSPS) is 11.5. The van der Waals surface area contributed by atoms with Crippen molar-refractivity contribution in [2.24, 2.45) is 0 Å². The minimum absolute atomic E-state index is 0.00667. The van der Waals surface area contributed by atoms with Gasteiger partial charge in [0.15, 0.2) is 0 Å². The summed E-state index contributed by atoms with van der Waals surface area (Å²) in [7, 11) is 0. The monoisotopic (exact) mass is 220 g/mol. The van der Waals surface area contributed by atoms with Crippen molar-refractivity contribution in [2.75, 3.05) is 13.2 Å². The highest BCUT2D eigenvalue weighted by Gasteiger charge is 2.00. The van der Waals surface area contributed by atoms with E-state index >= 15 is 0 Å². The van der Waals surface area contributed by atoms with Crippen molar-refractivity contribution < 1.29 is 24.5 Å². The first-order chi connectivity index (χ1) is 6.99. The lowest BCUT2D eigenvalue weighted by molar-refractivity contribution is -0.0177. The molecule has 0 aliphatic carbocycles. The molecule has 0 amide bonds. The third-order valence-corrected chi connectivity index (χ3v) is 0.879. The molecule has 0 saturated carbocycles. The summed E-state index contributed by atoms with van der Waals surface area (Å²) in [6, 6.07) is 0. The maximum atomic E-state index is 8.69. The van der Waals surface area contributed by atoms with Crippen LogP contribution in [0.5, 0.6) is 0 Å². The first-order valence-corrected chi connectivity index (χ1v) is 3.98. The van der Waals surface area contributed by atoms with E-state index in [0.717, 1.165) is 12.2 Å². The van der Waals surface area contributed by atoms with Crippen LogP contribution in [0.15, 0.2) is 0 Å². The molecule has 7 nitrogen and oxygen atoms in total. The highest BCUT2D eigenvalue weighted by atomic mass is 16.5. The average Bonchev–Trinajstić information content (AvgIpc) is 2.16. The molecule has 0 heterocycles.